The molecule has 0 nitrogen and oxygen atoms in total. The Balaban J connectivity index is 2.32. The molecule has 0 saturated heterocycles. The maximum Gasteiger partial charge on any atom is -0.0320 e. The van der Waals surface area contributed by atoms with Crippen LogP contribution in [0.5, 0.6) is 0 Å². The third-order valence-corrected chi connectivity index (χ3v) is 1.06. The molecule has 0 unspecified atom stereocenters. The summed E-state index contributed by atoms with van der Waals surface area (Å²) in [6.07, 6.45) is 3.97. The molecule has 1 aliphatic rings. The van der Waals surface area contributed by atoms with Gasteiger partial charge in [-0.15, -0.1) is 0 Å². The van der Waals surface area contributed by atoms with E-state index in [1.165, 1.54) is 24.8 Å². The van der Waals surface area contributed by atoms with Crippen molar-refractivity contribution in [3.05, 3.63) is 12.2 Å². The SMILES string of the molecule is [13CH2]=C1CCC1. The van der Waals surface area contributed by atoms with Crippen molar-refractivity contribution in [2.45, 2.75) is 19.3 Å². The van der Waals surface area contributed by atoms with Gasteiger partial charge in [0.1, 0.15) is 0 Å². The largest absolute Gasteiger partial charge is 0.0999 e. The van der Waals surface area contributed by atoms with Gasteiger partial charge in [0.05, 0.1) is 0 Å². The molecule has 1 saturated carbocycles. The van der Waals surface area contributed by atoms with Crippen LogP contribution in [0.25, 0.3) is 0 Å². The van der Waals surface area contributed by atoms with Crippen LogP contribution in [0.1, 0.15) is 19.3 Å². The van der Waals surface area contributed by atoms with Crippen molar-refractivity contribution in [1.29, 1.82) is 0 Å². The molecule has 0 radical (unpaired) electrons. The first-order valence-electron chi connectivity index (χ1n) is 2.06. The van der Waals surface area contributed by atoms with E-state index in [0.29, 0.717) is 0 Å². The van der Waals surface area contributed by atoms with Crippen molar-refractivity contribution in [3.8, 4) is 0 Å². The lowest BCUT2D eigenvalue weighted by atomic mass is 9.97. The van der Waals surface area contributed by atoms with Crippen molar-refractivity contribution in [1.82, 2.24) is 0 Å². The van der Waals surface area contributed by atoms with Crippen LogP contribution in [-0.4, -0.2) is 0 Å². The van der Waals surface area contributed by atoms with Gasteiger partial charge in [0, 0.05) is 0 Å². The van der Waals surface area contributed by atoms with Crippen molar-refractivity contribution < 1.29 is 0 Å². The smallest absolute Gasteiger partial charge is 0.0320 e. The molecule has 1 aliphatic carbocycles. The molecule has 1 rings (SSSR count). The summed E-state index contributed by atoms with van der Waals surface area (Å²) in [5.41, 5.74) is 1.44. The Morgan fingerprint density at radius 2 is 1.80 bits per heavy atom. The molecule has 0 aromatic rings. The lowest BCUT2D eigenvalue weighted by molar-refractivity contribution is 0.667. The highest BCUT2D eigenvalue weighted by atomic mass is 14.1. The molecule has 0 amide bonds. The maximum absolute atomic E-state index is 3.76. The van der Waals surface area contributed by atoms with Gasteiger partial charge in [-0.25, -0.2) is 0 Å². The molecular weight excluding hydrogens is 61.0 g/mol. The van der Waals surface area contributed by atoms with Crippen LogP contribution in [0.4, 0.5) is 0 Å². The lowest BCUT2D eigenvalue weighted by Gasteiger charge is -2.11. The first kappa shape index (κ1) is 2.95. The minimum Gasteiger partial charge on any atom is -0.0999 e. The van der Waals surface area contributed by atoms with Gasteiger partial charge in [0.2, 0.25) is 0 Å². The van der Waals surface area contributed by atoms with Crippen LogP contribution in [0, 0.1) is 0 Å². The van der Waals surface area contributed by atoms with Gasteiger partial charge in [0.15, 0.2) is 0 Å². The van der Waals surface area contributed by atoms with E-state index < -0.39 is 0 Å². The van der Waals surface area contributed by atoms with E-state index in [2.05, 4.69) is 6.58 Å². The molecule has 0 heterocycles. The summed E-state index contributed by atoms with van der Waals surface area (Å²) in [4.78, 5) is 0. The standard InChI is InChI=1S/C5H8/c1-5-3-2-4-5/h1-4H2/i1+1. The summed E-state index contributed by atoms with van der Waals surface area (Å²) in [6, 6.07) is 0. The van der Waals surface area contributed by atoms with Gasteiger partial charge in [-0.2, -0.15) is 0 Å². The normalized spacial score (nSPS) is 22.0. The van der Waals surface area contributed by atoms with E-state index >= 15 is 0 Å². The molecule has 0 spiro atoms. The monoisotopic (exact) mass is 69.1 g/mol. The van der Waals surface area contributed by atoms with E-state index in [9.17, 15) is 0 Å². The zero-order valence-corrected chi connectivity index (χ0v) is 3.33. The molecule has 0 aromatic carbocycles. The summed E-state index contributed by atoms with van der Waals surface area (Å²) >= 11 is 0. The molecule has 5 heavy (non-hydrogen) atoms. The molecule has 0 bridgehead atoms. The van der Waals surface area contributed by atoms with Crippen LogP contribution in [0.15, 0.2) is 12.2 Å². The summed E-state index contributed by atoms with van der Waals surface area (Å²) < 4.78 is 0. The van der Waals surface area contributed by atoms with Crippen molar-refractivity contribution in [3.63, 3.8) is 0 Å². The number of hydrogen-bond donors (Lipinski definition) is 0. The Morgan fingerprint density at radius 1 is 1.40 bits per heavy atom. The van der Waals surface area contributed by atoms with Crippen molar-refractivity contribution in [2.24, 2.45) is 0 Å². The van der Waals surface area contributed by atoms with Gasteiger partial charge in [-0.3, -0.25) is 0 Å². The van der Waals surface area contributed by atoms with Gasteiger partial charge in [-0.1, -0.05) is 12.2 Å². The first-order chi connectivity index (χ1) is 2.39. The lowest BCUT2D eigenvalue weighted by Crippen LogP contribution is -1.92. The minimum atomic E-state index is 1.29. The van der Waals surface area contributed by atoms with E-state index in [0.717, 1.165) is 0 Å². The average Bonchev–Trinajstić information content (AvgIpc) is 1.30. The molecule has 1 fully saturated rings. The molecule has 0 aliphatic heterocycles. The van der Waals surface area contributed by atoms with Gasteiger partial charge in [-0.05, 0) is 19.3 Å². The van der Waals surface area contributed by atoms with Crippen LogP contribution in [-0.2, 0) is 0 Å². The van der Waals surface area contributed by atoms with E-state index in [1.54, 1.807) is 0 Å². The van der Waals surface area contributed by atoms with Gasteiger partial charge >= 0.3 is 0 Å². The highest BCUT2D eigenvalue weighted by Crippen LogP contribution is 2.21. The Hall–Kier alpha value is -0.260. The highest BCUT2D eigenvalue weighted by Gasteiger charge is 2.02. The second-order valence-electron chi connectivity index (χ2n) is 1.60. The predicted octanol–water partition coefficient (Wildman–Crippen LogP) is 1.73. The summed E-state index contributed by atoms with van der Waals surface area (Å²) in [5, 5.41) is 0. The fraction of sp³-hybridized carbons (Fsp3) is 0.600. The van der Waals surface area contributed by atoms with Crippen LogP contribution < -0.4 is 0 Å². The van der Waals surface area contributed by atoms with Crippen LogP contribution >= 0.6 is 0 Å². The van der Waals surface area contributed by atoms with Crippen molar-refractivity contribution >= 4 is 0 Å². The molecule has 28 valence electrons. The zero-order chi connectivity index (χ0) is 3.70. The molecular formula is C5H8. The topological polar surface area (TPSA) is 0 Å². The quantitative estimate of drug-likeness (QED) is 0.300. The Morgan fingerprint density at radius 3 is 1.80 bits per heavy atom. The highest BCUT2D eigenvalue weighted by molar-refractivity contribution is 5.01. The molecule has 0 heteroatoms. The third-order valence-electron chi connectivity index (χ3n) is 1.06. The van der Waals surface area contributed by atoms with Crippen LogP contribution in [0.3, 0.4) is 0 Å². The fourth-order valence-electron chi connectivity index (χ4n) is 0.427. The van der Waals surface area contributed by atoms with E-state index in [1.807, 2.05) is 0 Å². The predicted molar refractivity (Wildman–Crippen MR) is 23.0 cm³/mol. The van der Waals surface area contributed by atoms with E-state index in [-0.39, 0.29) is 0 Å². The first-order valence-corrected chi connectivity index (χ1v) is 2.06. The number of rotatable bonds is 0. The second kappa shape index (κ2) is 0.852. The molecule has 0 N–H and O–H groups in total. The summed E-state index contributed by atoms with van der Waals surface area (Å²) in [7, 11) is 0. The third kappa shape index (κ3) is 0.344. The molecule has 0 atom stereocenters. The van der Waals surface area contributed by atoms with E-state index in [4.69, 9.17) is 0 Å². The number of allylic oxidation sites excluding steroid dienone is 1. The van der Waals surface area contributed by atoms with Crippen molar-refractivity contribution in [2.75, 3.05) is 0 Å². The minimum absolute atomic E-state index is 1.29. The summed E-state index contributed by atoms with van der Waals surface area (Å²) in [5.74, 6) is 0. The zero-order valence-electron chi connectivity index (χ0n) is 3.33. The Kier molecular flexibility index (Phi) is 0.503. The van der Waals surface area contributed by atoms with Crippen LogP contribution in [0.2, 0.25) is 0 Å². The summed E-state index contributed by atoms with van der Waals surface area (Å²) in [6.45, 7) is 3.76. The number of hydrogen-bond acceptors (Lipinski definition) is 0. The fourth-order valence-corrected chi connectivity index (χ4v) is 0.427. The Labute approximate surface area is 32.5 Å². The van der Waals surface area contributed by atoms with Gasteiger partial charge in [0.25, 0.3) is 0 Å². The Bertz CT molecular complexity index is 47.1. The molecule has 0 aromatic heterocycles. The second-order valence-corrected chi connectivity index (χ2v) is 1.60. The maximum atomic E-state index is 3.76. The average molecular weight is 69.1 g/mol. The van der Waals surface area contributed by atoms with Gasteiger partial charge < -0.3 is 0 Å².